The summed E-state index contributed by atoms with van der Waals surface area (Å²) in [6.07, 6.45) is 1.70. The second kappa shape index (κ2) is 11.2. The Kier molecular flexibility index (Phi) is 7.75. The first-order valence-electron chi connectivity index (χ1n) is 12.8. The number of aliphatic hydroxyl groups is 1. The van der Waals surface area contributed by atoms with Gasteiger partial charge in [-0.05, 0) is 44.2 Å². The number of β-amino-alcohol motifs (C(OH)–C–C–N with tert-alkyl or cyclic N) is 1. The lowest BCUT2D eigenvalue weighted by Gasteiger charge is -2.33. The molecule has 1 aliphatic heterocycles. The van der Waals surface area contributed by atoms with Crippen molar-refractivity contribution in [3.63, 3.8) is 0 Å². The minimum Gasteiger partial charge on any atom is -0.493 e. The minimum atomic E-state index is -3.81. The van der Waals surface area contributed by atoms with E-state index in [2.05, 4.69) is 15.1 Å². The summed E-state index contributed by atoms with van der Waals surface area (Å²) < 4.78 is 35.9. The monoisotopic (exact) mass is 553 g/mol. The van der Waals surface area contributed by atoms with Gasteiger partial charge >= 0.3 is 0 Å². The van der Waals surface area contributed by atoms with E-state index in [4.69, 9.17) is 9.72 Å². The van der Waals surface area contributed by atoms with Crippen LogP contribution in [-0.4, -0.2) is 93.4 Å². The Morgan fingerprint density at radius 2 is 1.90 bits per heavy atom. The first-order valence-corrected chi connectivity index (χ1v) is 14.2. The van der Waals surface area contributed by atoms with Gasteiger partial charge in [-0.2, -0.15) is 9.40 Å². The molecule has 0 spiro atoms. The Balaban J connectivity index is 1.53. The lowest BCUT2D eigenvalue weighted by molar-refractivity contribution is 0.151. The molecule has 2 N–H and O–H groups in total. The van der Waals surface area contributed by atoms with Crippen LogP contribution in [0, 0.1) is 6.92 Å². The molecule has 206 valence electrons. The van der Waals surface area contributed by atoms with E-state index in [0.29, 0.717) is 68.4 Å². The summed E-state index contributed by atoms with van der Waals surface area (Å²) in [7, 11) is -3.81. The fourth-order valence-electron chi connectivity index (χ4n) is 4.68. The van der Waals surface area contributed by atoms with Crippen LogP contribution in [0.1, 0.15) is 18.3 Å². The number of pyridine rings is 1. The summed E-state index contributed by atoms with van der Waals surface area (Å²) in [5.41, 5.74) is 2.01. The van der Waals surface area contributed by atoms with Crippen molar-refractivity contribution in [3.8, 4) is 17.1 Å². The molecule has 0 saturated carbocycles. The largest absolute Gasteiger partial charge is 0.493 e. The molecule has 1 fully saturated rings. The lowest BCUT2D eigenvalue weighted by atomic mass is 10.2. The molecule has 0 unspecified atom stereocenters. The fourth-order valence-corrected chi connectivity index (χ4v) is 6.13. The topological polar surface area (TPSA) is 147 Å². The Morgan fingerprint density at radius 3 is 2.59 bits per heavy atom. The van der Waals surface area contributed by atoms with Crippen LogP contribution < -0.4 is 10.3 Å². The molecule has 4 aromatic rings. The predicted octanol–water partition coefficient (Wildman–Crippen LogP) is 1.24. The summed E-state index contributed by atoms with van der Waals surface area (Å²) in [5, 5.41) is 13.6. The van der Waals surface area contributed by atoms with Crippen LogP contribution in [-0.2, 0) is 16.6 Å². The molecule has 39 heavy (non-hydrogen) atoms. The zero-order valence-corrected chi connectivity index (χ0v) is 22.7. The van der Waals surface area contributed by atoms with Gasteiger partial charge < -0.3 is 14.8 Å². The number of ether oxygens (including phenoxy) is 1. The lowest BCUT2D eigenvalue weighted by Crippen LogP contribution is -2.49. The maximum Gasteiger partial charge on any atom is 0.279 e. The van der Waals surface area contributed by atoms with Gasteiger partial charge in [-0.1, -0.05) is 6.07 Å². The maximum atomic E-state index is 13.5. The van der Waals surface area contributed by atoms with Crippen LogP contribution in [0.4, 0.5) is 0 Å². The van der Waals surface area contributed by atoms with Crippen molar-refractivity contribution in [2.45, 2.75) is 25.3 Å². The summed E-state index contributed by atoms with van der Waals surface area (Å²) >= 11 is 0. The Labute approximate surface area is 225 Å². The second-order valence-electron chi connectivity index (χ2n) is 9.24. The van der Waals surface area contributed by atoms with Crippen molar-refractivity contribution >= 4 is 21.1 Å². The van der Waals surface area contributed by atoms with Crippen molar-refractivity contribution in [2.75, 3.05) is 45.9 Å². The number of aromatic nitrogens is 5. The van der Waals surface area contributed by atoms with Crippen LogP contribution >= 0.6 is 0 Å². The van der Waals surface area contributed by atoms with Gasteiger partial charge in [0.05, 0.1) is 41.6 Å². The number of nitrogens with one attached hydrogen (secondary N) is 1. The highest BCUT2D eigenvalue weighted by Gasteiger charge is 2.29. The molecule has 3 aromatic heterocycles. The van der Waals surface area contributed by atoms with Crippen LogP contribution in [0.25, 0.3) is 22.4 Å². The first kappa shape index (κ1) is 26.9. The number of hydrogen-bond acceptors (Lipinski definition) is 9. The summed E-state index contributed by atoms with van der Waals surface area (Å²) in [5.74, 6) is 0.603. The Morgan fingerprint density at radius 1 is 1.10 bits per heavy atom. The van der Waals surface area contributed by atoms with Crippen molar-refractivity contribution in [3.05, 3.63) is 64.3 Å². The number of fused-ring (bicyclic) bond motifs is 1. The van der Waals surface area contributed by atoms with Crippen LogP contribution in [0.5, 0.6) is 5.75 Å². The first-order chi connectivity index (χ1) is 18.8. The quantitative estimate of drug-likeness (QED) is 0.312. The highest BCUT2D eigenvalue weighted by atomic mass is 32.2. The van der Waals surface area contributed by atoms with E-state index < -0.39 is 15.6 Å². The highest BCUT2D eigenvalue weighted by molar-refractivity contribution is 7.89. The summed E-state index contributed by atoms with van der Waals surface area (Å²) in [6, 6.07) is 10.2. The predicted molar refractivity (Wildman–Crippen MR) is 145 cm³/mol. The zero-order valence-electron chi connectivity index (χ0n) is 21.9. The number of aromatic amines is 1. The third-order valence-corrected chi connectivity index (χ3v) is 8.67. The van der Waals surface area contributed by atoms with Gasteiger partial charge in [-0.25, -0.2) is 13.4 Å². The number of nitrogens with zero attached hydrogens (tertiary/aromatic N) is 6. The normalized spacial score (nSPS) is 15.2. The maximum absolute atomic E-state index is 13.5. The van der Waals surface area contributed by atoms with Gasteiger partial charge in [0.15, 0.2) is 5.52 Å². The van der Waals surface area contributed by atoms with Gasteiger partial charge in [0.1, 0.15) is 17.1 Å². The van der Waals surface area contributed by atoms with E-state index in [-0.39, 0.29) is 22.8 Å². The molecule has 1 saturated heterocycles. The molecule has 0 radical (unpaired) electrons. The fraction of sp³-hybridized carbons (Fsp3) is 0.385. The molecule has 0 amide bonds. The van der Waals surface area contributed by atoms with Crippen molar-refractivity contribution < 1.29 is 18.3 Å². The van der Waals surface area contributed by atoms with Gasteiger partial charge in [0.2, 0.25) is 10.0 Å². The molecule has 1 aliphatic rings. The summed E-state index contributed by atoms with van der Waals surface area (Å²) in [4.78, 5) is 27.0. The Hall–Kier alpha value is -3.65. The molecule has 12 nitrogen and oxygen atoms in total. The van der Waals surface area contributed by atoms with Crippen LogP contribution in [0.15, 0.2) is 52.3 Å². The minimum absolute atomic E-state index is 0.0338. The van der Waals surface area contributed by atoms with E-state index in [9.17, 15) is 18.3 Å². The number of sulfonamides is 1. The molecule has 5 rings (SSSR count). The smallest absolute Gasteiger partial charge is 0.279 e. The number of H-pyrrole nitrogens is 1. The molecular weight excluding hydrogens is 522 g/mol. The van der Waals surface area contributed by atoms with E-state index in [0.717, 1.165) is 5.69 Å². The number of piperazine rings is 1. The molecule has 0 bridgehead atoms. The molecular formula is C26H31N7O5S. The van der Waals surface area contributed by atoms with E-state index in [1.165, 1.54) is 16.4 Å². The average molecular weight is 554 g/mol. The van der Waals surface area contributed by atoms with Gasteiger partial charge in [-0.15, -0.1) is 0 Å². The van der Waals surface area contributed by atoms with Crippen molar-refractivity contribution in [2.24, 2.45) is 0 Å². The number of rotatable bonds is 9. The third-order valence-electron chi connectivity index (χ3n) is 6.77. The van der Waals surface area contributed by atoms with E-state index >= 15 is 0 Å². The molecule has 4 heterocycles. The number of benzene rings is 1. The zero-order chi connectivity index (χ0) is 27.6. The standard InChI is InChI=1S/C26H31N7O5S/c1-3-38-22-8-7-20(39(36,37)32-12-10-31(11-13-32)14-15-34)16-21(22)25-28-23-18(2)33(30-24(23)26(35)29-25)17-19-6-4-5-9-27-19/h4-9,16,34H,3,10-15,17H2,1-2H3,(H,28,29,35). The molecule has 0 atom stereocenters. The molecule has 1 aromatic carbocycles. The van der Waals surface area contributed by atoms with Gasteiger partial charge in [0.25, 0.3) is 5.56 Å². The van der Waals surface area contributed by atoms with E-state index in [1.54, 1.807) is 16.9 Å². The van der Waals surface area contributed by atoms with Gasteiger partial charge in [-0.3, -0.25) is 19.4 Å². The van der Waals surface area contributed by atoms with Crippen LogP contribution in [0.3, 0.4) is 0 Å². The average Bonchev–Trinajstić information content (AvgIpc) is 3.25. The van der Waals surface area contributed by atoms with Crippen LogP contribution in [0.2, 0.25) is 0 Å². The number of aryl methyl sites for hydroxylation is 1. The second-order valence-corrected chi connectivity index (χ2v) is 11.2. The number of aliphatic hydroxyl groups excluding tert-OH is 1. The van der Waals surface area contributed by atoms with Gasteiger partial charge in [0, 0.05) is 38.9 Å². The van der Waals surface area contributed by atoms with Crippen molar-refractivity contribution in [1.29, 1.82) is 0 Å². The highest BCUT2D eigenvalue weighted by Crippen LogP contribution is 2.32. The third kappa shape index (κ3) is 5.43. The van der Waals surface area contributed by atoms with Crippen molar-refractivity contribution in [1.82, 2.24) is 33.9 Å². The molecule has 13 heteroatoms. The molecule has 0 aliphatic carbocycles. The number of hydrogen-bond donors (Lipinski definition) is 2. The SMILES string of the molecule is CCOc1ccc(S(=O)(=O)N2CCN(CCO)CC2)cc1-c1nc2c(C)n(Cc3ccccn3)nc2c(=O)[nH]1. The summed E-state index contributed by atoms with van der Waals surface area (Å²) in [6.45, 7) is 6.64. The van der Waals surface area contributed by atoms with E-state index in [1.807, 2.05) is 36.9 Å². The Bertz CT molecular complexity index is 1630.